The summed E-state index contributed by atoms with van der Waals surface area (Å²) >= 11 is 7.83. The molecular formula is C9H13ClN2S. The van der Waals surface area contributed by atoms with Crippen molar-refractivity contribution in [2.24, 2.45) is 0 Å². The molecule has 2 rings (SSSR count). The molecule has 1 saturated carbocycles. The summed E-state index contributed by atoms with van der Waals surface area (Å²) in [7, 11) is 0. The molecule has 1 N–H and O–H groups in total. The van der Waals surface area contributed by atoms with E-state index in [-0.39, 0.29) is 0 Å². The minimum absolute atomic E-state index is 0.319. The number of nitrogens with one attached hydrogen (secondary N) is 1. The number of rotatable bonds is 3. The second-order valence-corrected chi connectivity index (χ2v) is 4.90. The summed E-state index contributed by atoms with van der Waals surface area (Å²) in [5.41, 5.74) is 0. The number of hydrogen-bond acceptors (Lipinski definition) is 3. The first-order valence-corrected chi connectivity index (χ1v) is 5.93. The highest BCUT2D eigenvalue weighted by atomic mass is 35.5. The molecule has 13 heavy (non-hydrogen) atoms. The summed E-state index contributed by atoms with van der Waals surface area (Å²) in [4.78, 5) is 4.22. The van der Waals surface area contributed by atoms with Gasteiger partial charge in [-0.15, -0.1) is 22.9 Å². The topological polar surface area (TPSA) is 24.9 Å². The van der Waals surface area contributed by atoms with E-state index in [0.717, 1.165) is 18.0 Å². The number of thiazole rings is 1. The van der Waals surface area contributed by atoms with Crippen molar-refractivity contribution >= 4 is 22.9 Å². The van der Waals surface area contributed by atoms with Crippen molar-refractivity contribution in [2.75, 3.05) is 0 Å². The Morgan fingerprint density at radius 2 is 2.54 bits per heavy atom. The van der Waals surface area contributed by atoms with E-state index in [4.69, 9.17) is 11.6 Å². The molecule has 0 aromatic carbocycles. The highest BCUT2D eigenvalue weighted by Crippen LogP contribution is 2.24. The highest BCUT2D eigenvalue weighted by Gasteiger charge is 2.24. The van der Waals surface area contributed by atoms with Crippen molar-refractivity contribution in [3.05, 3.63) is 16.6 Å². The monoisotopic (exact) mass is 216 g/mol. The zero-order chi connectivity index (χ0) is 9.10. The maximum absolute atomic E-state index is 6.14. The summed E-state index contributed by atoms with van der Waals surface area (Å²) in [6.07, 6.45) is 5.45. The Bertz CT molecular complexity index is 250. The number of alkyl halides is 1. The zero-order valence-electron chi connectivity index (χ0n) is 7.37. The standard InChI is InChI=1S/C9H13ClN2S/c10-7-2-1-3-8(7)12-6-9-11-4-5-13-9/h4-5,7-8,12H,1-3,6H2. The third-order valence-corrected chi connectivity index (χ3v) is 3.73. The van der Waals surface area contributed by atoms with Crippen LogP contribution in [0, 0.1) is 0 Å². The highest BCUT2D eigenvalue weighted by molar-refractivity contribution is 7.09. The van der Waals surface area contributed by atoms with E-state index < -0.39 is 0 Å². The van der Waals surface area contributed by atoms with Crippen LogP contribution in [-0.2, 0) is 6.54 Å². The molecule has 1 aromatic heterocycles. The van der Waals surface area contributed by atoms with Crippen LogP contribution in [0.3, 0.4) is 0 Å². The fourth-order valence-electron chi connectivity index (χ4n) is 1.70. The van der Waals surface area contributed by atoms with Gasteiger partial charge in [-0.05, 0) is 12.8 Å². The van der Waals surface area contributed by atoms with Gasteiger partial charge in [0, 0.05) is 29.5 Å². The molecule has 0 spiro atoms. The van der Waals surface area contributed by atoms with Crippen molar-refractivity contribution in [3.8, 4) is 0 Å². The molecule has 0 amide bonds. The van der Waals surface area contributed by atoms with Crippen molar-refractivity contribution in [2.45, 2.75) is 37.2 Å². The first kappa shape index (κ1) is 9.44. The number of halogens is 1. The van der Waals surface area contributed by atoms with Gasteiger partial charge in [0.25, 0.3) is 0 Å². The van der Waals surface area contributed by atoms with Crippen molar-refractivity contribution in [1.82, 2.24) is 10.3 Å². The summed E-state index contributed by atoms with van der Waals surface area (Å²) in [6.45, 7) is 0.867. The lowest BCUT2D eigenvalue weighted by molar-refractivity contribution is 0.527. The molecule has 4 heteroatoms. The predicted molar refractivity (Wildman–Crippen MR) is 56.2 cm³/mol. The van der Waals surface area contributed by atoms with Gasteiger partial charge < -0.3 is 5.32 Å². The van der Waals surface area contributed by atoms with E-state index in [0.29, 0.717) is 11.4 Å². The Hall–Kier alpha value is -0.120. The van der Waals surface area contributed by atoms with Crippen LogP contribution in [0.25, 0.3) is 0 Å². The van der Waals surface area contributed by atoms with Gasteiger partial charge in [0.15, 0.2) is 0 Å². The van der Waals surface area contributed by atoms with Crippen molar-refractivity contribution < 1.29 is 0 Å². The number of hydrogen-bond donors (Lipinski definition) is 1. The smallest absolute Gasteiger partial charge is 0.106 e. The van der Waals surface area contributed by atoms with Gasteiger partial charge in [-0.3, -0.25) is 0 Å². The first-order valence-electron chi connectivity index (χ1n) is 4.62. The molecule has 1 aliphatic carbocycles. The van der Waals surface area contributed by atoms with Gasteiger partial charge in [-0.2, -0.15) is 0 Å². The number of aromatic nitrogens is 1. The fraction of sp³-hybridized carbons (Fsp3) is 0.667. The Morgan fingerprint density at radius 1 is 1.62 bits per heavy atom. The average Bonchev–Trinajstić information content (AvgIpc) is 2.72. The van der Waals surface area contributed by atoms with Crippen LogP contribution in [-0.4, -0.2) is 16.4 Å². The second-order valence-electron chi connectivity index (χ2n) is 3.36. The Balaban J connectivity index is 1.79. The quantitative estimate of drug-likeness (QED) is 0.785. The first-order chi connectivity index (χ1) is 6.36. The summed E-state index contributed by atoms with van der Waals surface area (Å²) in [5, 5.41) is 6.92. The van der Waals surface area contributed by atoms with Gasteiger partial charge in [0.1, 0.15) is 5.01 Å². The number of nitrogens with zero attached hydrogens (tertiary/aromatic N) is 1. The molecule has 72 valence electrons. The Labute approximate surface area is 87.3 Å². The molecule has 0 saturated heterocycles. The SMILES string of the molecule is ClC1CCCC1NCc1nccs1. The fourth-order valence-corrected chi connectivity index (χ4v) is 2.64. The van der Waals surface area contributed by atoms with Crippen molar-refractivity contribution in [3.63, 3.8) is 0 Å². The molecule has 1 aromatic rings. The zero-order valence-corrected chi connectivity index (χ0v) is 8.94. The normalized spacial score (nSPS) is 28.1. The summed E-state index contributed by atoms with van der Waals surface area (Å²) < 4.78 is 0. The molecule has 1 fully saturated rings. The van der Waals surface area contributed by atoms with Gasteiger partial charge in [0.05, 0.1) is 0 Å². The van der Waals surface area contributed by atoms with Gasteiger partial charge in [0.2, 0.25) is 0 Å². The van der Waals surface area contributed by atoms with E-state index in [1.807, 2.05) is 11.6 Å². The lowest BCUT2D eigenvalue weighted by Crippen LogP contribution is -2.32. The van der Waals surface area contributed by atoms with Crippen LogP contribution in [0.4, 0.5) is 0 Å². The van der Waals surface area contributed by atoms with Crippen LogP contribution < -0.4 is 5.32 Å². The minimum atomic E-state index is 0.319. The van der Waals surface area contributed by atoms with E-state index in [1.165, 1.54) is 12.8 Å². The predicted octanol–water partition coefficient (Wildman–Crippen LogP) is 2.39. The van der Waals surface area contributed by atoms with Gasteiger partial charge >= 0.3 is 0 Å². The lowest BCUT2D eigenvalue weighted by Gasteiger charge is -2.14. The molecule has 0 bridgehead atoms. The minimum Gasteiger partial charge on any atom is -0.306 e. The van der Waals surface area contributed by atoms with E-state index in [1.54, 1.807) is 11.3 Å². The van der Waals surface area contributed by atoms with Crippen LogP contribution >= 0.6 is 22.9 Å². The summed E-state index contributed by atoms with van der Waals surface area (Å²) in [5.74, 6) is 0. The Kier molecular flexibility index (Phi) is 3.19. The molecule has 1 aliphatic rings. The van der Waals surface area contributed by atoms with Crippen LogP contribution in [0.1, 0.15) is 24.3 Å². The molecule has 0 aliphatic heterocycles. The third-order valence-electron chi connectivity index (χ3n) is 2.43. The van der Waals surface area contributed by atoms with Crippen LogP contribution in [0.5, 0.6) is 0 Å². The third kappa shape index (κ3) is 2.42. The van der Waals surface area contributed by atoms with E-state index in [2.05, 4.69) is 10.3 Å². The Morgan fingerprint density at radius 3 is 3.15 bits per heavy atom. The molecular weight excluding hydrogens is 204 g/mol. The summed E-state index contributed by atoms with van der Waals surface area (Å²) in [6, 6.07) is 0.491. The second kappa shape index (κ2) is 4.40. The van der Waals surface area contributed by atoms with Crippen molar-refractivity contribution in [1.29, 1.82) is 0 Å². The van der Waals surface area contributed by atoms with E-state index in [9.17, 15) is 0 Å². The molecule has 0 radical (unpaired) electrons. The lowest BCUT2D eigenvalue weighted by atomic mass is 10.2. The van der Waals surface area contributed by atoms with Crippen LogP contribution in [0.2, 0.25) is 0 Å². The molecule has 2 nitrogen and oxygen atoms in total. The van der Waals surface area contributed by atoms with Crippen LogP contribution in [0.15, 0.2) is 11.6 Å². The maximum atomic E-state index is 6.14. The van der Waals surface area contributed by atoms with Gasteiger partial charge in [-0.25, -0.2) is 4.98 Å². The largest absolute Gasteiger partial charge is 0.306 e. The van der Waals surface area contributed by atoms with E-state index >= 15 is 0 Å². The molecule has 2 unspecified atom stereocenters. The average molecular weight is 217 g/mol. The molecule has 2 atom stereocenters. The molecule has 1 heterocycles. The maximum Gasteiger partial charge on any atom is 0.106 e. The van der Waals surface area contributed by atoms with Gasteiger partial charge in [-0.1, -0.05) is 6.42 Å².